The molecule has 0 spiro atoms. The molecule has 1 amide bonds. The highest BCUT2D eigenvalue weighted by Crippen LogP contribution is 2.27. The van der Waals surface area contributed by atoms with E-state index in [0.29, 0.717) is 23.1 Å². The zero-order valence-corrected chi connectivity index (χ0v) is 11.6. The van der Waals surface area contributed by atoms with Crippen molar-refractivity contribution in [3.8, 4) is 5.75 Å². The monoisotopic (exact) mass is 285 g/mol. The van der Waals surface area contributed by atoms with Crippen LogP contribution >= 0.6 is 11.6 Å². The molecule has 0 aliphatic carbocycles. The molecule has 104 valence electrons. The van der Waals surface area contributed by atoms with E-state index in [0.717, 1.165) is 0 Å². The van der Waals surface area contributed by atoms with E-state index in [-0.39, 0.29) is 24.7 Å². The Balaban J connectivity index is 2.50. The second-order valence-electron chi connectivity index (χ2n) is 3.70. The lowest BCUT2D eigenvalue weighted by Gasteiger charge is -2.08. The Bertz CT molecular complexity index is 462. The van der Waals surface area contributed by atoms with Crippen molar-refractivity contribution in [2.24, 2.45) is 0 Å². The third kappa shape index (κ3) is 5.18. The summed E-state index contributed by atoms with van der Waals surface area (Å²) in [5, 5.41) is 3.12. The molecule has 0 aromatic heterocycles. The van der Waals surface area contributed by atoms with Crippen molar-refractivity contribution in [3.05, 3.63) is 23.2 Å². The molecule has 0 fully saturated rings. The maximum absolute atomic E-state index is 11.6. The van der Waals surface area contributed by atoms with Gasteiger partial charge in [0.05, 0.1) is 25.2 Å². The van der Waals surface area contributed by atoms with E-state index in [1.807, 2.05) is 0 Å². The van der Waals surface area contributed by atoms with Crippen LogP contribution in [0.15, 0.2) is 18.2 Å². The van der Waals surface area contributed by atoms with Crippen molar-refractivity contribution >= 4 is 29.2 Å². The number of methoxy groups -OCH3 is 1. The average Bonchev–Trinajstić information content (AvgIpc) is 2.39. The Morgan fingerprint density at radius 2 is 2.05 bits per heavy atom. The highest BCUT2D eigenvalue weighted by Gasteiger charge is 2.09. The molecule has 1 aromatic carbocycles. The third-order valence-electron chi connectivity index (χ3n) is 2.30. The highest BCUT2D eigenvalue weighted by molar-refractivity contribution is 6.32. The third-order valence-corrected chi connectivity index (χ3v) is 2.61. The number of hydrogen-bond acceptors (Lipinski definition) is 4. The first-order chi connectivity index (χ1) is 9.06. The minimum absolute atomic E-state index is 0.0599. The van der Waals surface area contributed by atoms with E-state index in [1.54, 1.807) is 25.1 Å². The normalized spacial score (nSPS) is 9.84. The quantitative estimate of drug-likeness (QED) is 0.816. The number of carbonyl (C=O) groups excluding carboxylic acids is 2. The molecule has 5 nitrogen and oxygen atoms in total. The van der Waals surface area contributed by atoms with Crippen LogP contribution in [0.1, 0.15) is 19.8 Å². The largest absolute Gasteiger partial charge is 0.495 e. The molecule has 0 aliphatic heterocycles. The smallest absolute Gasteiger partial charge is 0.306 e. The number of hydrogen-bond donors (Lipinski definition) is 1. The summed E-state index contributed by atoms with van der Waals surface area (Å²) in [7, 11) is 1.49. The van der Waals surface area contributed by atoms with Gasteiger partial charge in [-0.05, 0) is 19.1 Å². The number of amides is 1. The van der Waals surface area contributed by atoms with Gasteiger partial charge in [0.15, 0.2) is 0 Å². The second kappa shape index (κ2) is 7.63. The molecular formula is C13H16ClNO4. The molecule has 0 heterocycles. The first-order valence-corrected chi connectivity index (χ1v) is 6.23. The van der Waals surface area contributed by atoms with E-state index >= 15 is 0 Å². The molecule has 0 saturated carbocycles. The van der Waals surface area contributed by atoms with Gasteiger partial charge in [0.1, 0.15) is 5.75 Å². The maximum Gasteiger partial charge on any atom is 0.306 e. The summed E-state index contributed by atoms with van der Waals surface area (Å²) < 4.78 is 9.78. The lowest BCUT2D eigenvalue weighted by atomic mass is 10.2. The number of anilines is 1. The summed E-state index contributed by atoms with van der Waals surface area (Å²) >= 11 is 5.87. The Morgan fingerprint density at radius 1 is 1.32 bits per heavy atom. The summed E-state index contributed by atoms with van der Waals surface area (Å²) in [6, 6.07) is 4.90. The van der Waals surface area contributed by atoms with Gasteiger partial charge in [-0.15, -0.1) is 0 Å². The fraction of sp³-hybridized carbons (Fsp3) is 0.385. The van der Waals surface area contributed by atoms with E-state index in [4.69, 9.17) is 21.1 Å². The standard InChI is InChI=1S/C13H16ClNO4/c1-3-19-13(17)7-6-12(16)15-9-4-5-10(14)11(8-9)18-2/h4-5,8H,3,6-7H2,1-2H3,(H,15,16). The van der Waals surface area contributed by atoms with Crippen LogP contribution in [0.2, 0.25) is 5.02 Å². The number of nitrogens with one attached hydrogen (secondary N) is 1. The summed E-state index contributed by atoms with van der Waals surface area (Å²) in [6.45, 7) is 2.03. The maximum atomic E-state index is 11.6. The number of esters is 1. The van der Waals surface area contributed by atoms with Gasteiger partial charge in [-0.25, -0.2) is 0 Å². The van der Waals surface area contributed by atoms with Crippen LogP contribution in [0.4, 0.5) is 5.69 Å². The minimum atomic E-state index is -0.383. The van der Waals surface area contributed by atoms with E-state index < -0.39 is 0 Å². The van der Waals surface area contributed by atoms with Gasteiger partial charge in [-0.3, -0.25) is 9.59 Å². The van der Waals surface area contributed by atoms with Crippen LogP contribution < -0.4 is 10.1 Å². The van der Waals surface area contributed by atoms with E-state index in [9.17, 15) is 9.59 Å². The Morgan fingerprint density at radius 3 is 2.68 bits per heavy atom. The number of ether oxygens (including phenoxy) is 2. The van der Waals surface area contributed by atoms with Gasteiger partial charge in [0, 0.05) is 18.2 Å². The second-order valence-corrected chi connectivity index (χ2v) is 4.11. The topological polar surface area (TPSA) is 64.6 Å². The number of benzene rings is 1. The van der Waals surface area contributed by atoms with Crippen molar-refractivity contribution < 1.29 is 19.1 Å². The number of carbonyl (C=O) groups is 2. The zero-order chi connectivity index (χ0) is 14.3. The van der Waals surface area contributed by atoms with Crippen LogP contribution in [-0.2, 0) is 14.3 Å². The summed E-state index contributed by atoms with van der Waals surface area (Å²) in [6.07, 6.45) is 0.133. The van der Waals surface area contributed by atoms with Crippen molar-refractivity contribution in [1.29, 1.82) is 0 Å². The Kier molecular flexibility index (Phi) is 6.15. The minimum Gasteiger partial charge on any atom is -0.495 e. The van der Waals surface area contributed by atoms with Gasteiger partial charge in [0.2, 0.25) is 5.91 Å². The van der Waals surface area contributed by atoms with Crippen LogP contribution in [0, 0.1) is 0 Å². The molecule has 0 saturated heterocycles. The van der Waals surface area contributed by atoms with Gasteiger partial charge in [-0.1, -0.05) is 11.6 Å². The Labute approximate surface area is 116 Å². The molecule has 0 bridgehead atoms. The first kappa shape index (κ1) is 15.3. The lowest BCUT2D eigenvalue weighted by molar-refractivity contribution is -0.144. The molecule has 0 atom stereocenters. The fourth-order valence-electron chi connectivity index (χ4n) is 1.41. The summed E-state index contributed by atoms with van der Waals surface area (Å²) in [4.78, 5) is 22.7. The molecule has 1 aromatic rings. The van der Waals surface area contributed by atoms with Crippen LogP contribution in [0.25, 0.3) is 0 Å². The van der Waals surface area contributed by atoms with Gasteiger partial charge in [0.25, 0.3) is 0 Å². The van der Waals surface area contributed by atoms with E-state index in [2.05, 4.69) is 5.32 Å². The Hall–Kier alpha value is -1.75. The van der Waals surface area contributed by atoms with Crippen molar-refractivity contribution in [3.63, 3.8) is 0 Å². The number of rotatable bonds is 6. The fourth-order valence-corrected chi connectivity index (χ4v) is 1.60. The predicted octanol–water partition coefficient (Wildman–Crippen LogP) is 2.63. The molecule has 0 unspecified atom stereocenters. The lowest BCUT2D eigenvalue weighted by Crippen LogP contribution is -2.14. The van der Waals surface area contributed by atoms with Crippen molar-refractivity contribution in [2.45, 2.75) is 19.8 Å². The van der Waals surface area contributed by atoms with Crippen LogP contribution in [0.5, 0.6) is 5.75 Å². The van der Waals surface area contributed by atoms with Gasteiger partial charge in [-0.2, -0.15) is 0 Å². The van der Waals surface area contributed by atoms with E-state index in [1.165, 1.54) is 7.11 Å². The molecule has 0 aliphatic rings. The predicted molar refractivity (Wildman–Crippen MR) is 72.5 cm³/mol. The average molecular weight is 286 g/mol. The van der Waals surface area contributed by atoms with Crippen LogP contribution in [-0.4, -0.2) is 25.6 Å². The van der Waals surface area contributed by atoms with Crippen LogP contribution in [0.3, 0.4) is 0 Å². The van der Waals surface area contributed by atoms with Crippen molar-refractivity contribution in [2.75, 3.05) is 19.0 Å². The molecule has 1 N–H and O–H groups in total. The van der Waals surface area contributed by atoms with Gasteiger partial charge >= 0.3 is 5.97 Å². The SMILES string of the molecule is CCOC(=O)CCC(=O)Nc1ccc(Cl)c(OC)c1. The molecule has 6 heteroatoms. The highest BCUT2D eigenvalue weighted by atomic mass is 35.5. The van der Waals surface area contributed by atoms with Gasteiger partial charge < -0.3 is 14.8 Å². The number of halogens is 1. The first-order valence-electron chi connectivity index (χ1n) is 5.85. The molecule has 19 heavy (non-hydrogen) atoms. The molecule has 0 radical (unpaired) electrons. The van der Waals surface area contributed by atoms with Crippen molar-refractivity contribution in [1.82, 2.24) is 0 Å². The molecule has 1 rings (SSSR count). The summed E-state index contributed by atoms with van der Waals surface area (Å²) in [5.41, 5.74) is 0.565. The summed E-state index contributed by atoms with van der Waals surface area (Å²) in [5.74, 6) is -0.173. The molecular weight excluding hydrogens is 270 g/mol. The zero-order valence-electron chi connectivity index (χ0n) is 10.9.